The summed E-state index contributed by atoms with van der Waals surface area (Å²) in [5.41, 5.74) is 1.43. The Morgan fingerprint density at radius 2 is 1.85 bits per heavy atom. The molecule has 0 radical (unpaired) electrons. The fourth-order valence-corrected chi connectivity index (χ4v) is 1.73. The van der Waals surface area contributed by atoms with Crippen LogP contribution in [0.2, 0.25) is 0 Å². The molecule has 0 aliphatic rings. The van der Waals surface area contributed by atoms with E-state index in [4.69, 9.17) is 0 Å². The third-order valence-corrected chi connectivity index (χ3v) is 3.74. The van der Waals surface area contributed by atoms with E-state index in [-0.39, 0.29) is 0 Å². The Bertz CT molecular complexity index is 241. The molecule has 13 heavy (non-hydrogen) atoms. The van der Waals surface area contributed by atoms with Crippen LogP contribution in [0.15, 0.2) is 28.7 Å². The first kappa shape index (κ1) is 11.3. The minimum absolute atomic E-state index is 0.767. The lowest BCUT2D eigenvalue weighted by Crippen LogP contribution is -1.97. The van der Waals surface area contributed by atoms with E-state index >= 15 is 0 Å². The number of aryl methyl sites for hydroxylation is 1. The minimum Gasteiger partial charge on any atom is -0.0925 e. The summed E-state index contributed by atoms with van der Waals surface area (Å²) in [6, 6.07) is 8.58. The van der Waals surface area contributed by atoms with Crippen LogP contribution in [0, 0.1) is 5.92 Å². The SMILES string of the molecule is CC(CBr)CCc1ccc(Br)cc1. The molecule has 0 N–H and O–H groups in total. The number of hydrogen-bond acceptors (Lipinski definition) is 0. The van der Waals surface area contributed by atoms with Crippen LogP contribution in [0.25, 0.3) is 0 Å². The summed E-state index contributed by atoms with van der Waals surface area (Å²) in [6.45, 7) is 2.27. The fourth-order valence-electron chi connectivity index (χ4n) is 1.14. The molecule has 0 saturated heterocycles. The summed E-state index contributed by atoms with van der Waals surface area (Å²) in [7, 11) is 0. The van der Waals surface area contributed by atoms with Gasteiger partial charge in [-0.2, -0.15) is 0 Å². The first-order chi connectivity index (χ1) is 6.22. The molecule has 0 heterocycles. The van der Waals surface area contributed by atoms with Gasteiger partial charge in [0.05, 0.1) is 0 Å². The van der Waals surface area contributed by atoms with Crippen LogP contribution >= 0.6 is 31.9 Å². The molecule has 0 fully saturated rings. The largest absolute Gasteiger partial charge is 0.0925 e. The number of alkyl halides is 1. The molecule has 0 amide bonds. The average molecular weight is 306 g/mol. The zero-order chi connectivity index (χ0) is 9.68. The van der Waals surface area contributed by atoms with Gasteiger partial charge in [0, 0.05) is 9.80 Å². The topological polar surface area (TPSA) is 0 Å². The second kappa shape index (κ2) is 5.82. The lowest BCUT2D eigenvalue weighted by atomic mass is 10.0. The van der Waals surface area contributed by atoms with Gasteiger partial charge in [0.1, 0.15) is 0 Å². The number of hydrogen-bond donors (Lipinski definition) is 0. The molecule has 0 aliphatic heterocycles. The Balaban J connectivity index is 2.41. The molecule has 0 saturated carbocycles. The summed E-state index contributed by atoms with van der Waals surface area (Å²) in [6.07, 6.45) is 2.44. The van der Waals surface area contributed by atoms with E-state index in [0.29, 0.717) is 0 Å². The van der Waals surface area contributed by atoms with Crippen LogP contribution in [-0.4, -0.2) is 5.33 Å². The molecule has 0 spiro atoms. The lowest BCUT2D eigenvalue weighted by molar-refractivity contribution is 0.600. The van der Waals surface area contributed by atoms with Crippen molar-refractivity contribution < 1.29 is 0 Å². The summed E-state index contributed by atoms with van der Waals surface area (Å²) in [4.78, 5) is 0. The molecule has 1 aromatic rings. The second-order valence-corrected chi connectivity index (χ2v) is 4.99. The summed E-state index contributed by atoms with van der Waals surface area (Å²) in [5.74, 6) is 0.767. The zero-order valence-electron chi connectivity index (χ0n) is 7.76. The predicted molar refractivity (Wildman–Crippen MR) is 65.4 cm³/mol. The monoisotopic (exact) mass is 304 g/mol. The lowest BCUT2D eigenvalue weighted by Gasteiger charge is -2.06. The van der Waals surface area contributed by atoms with Gasteiger partial charge >= 0.3 is 0 Å². The summed E-state index contributed by atoms with van der Waals surface area (Å²) < 4.78 is 1.16. The average Bonchev–Trinajstić information content (AvgIpc) is 2.16. The molecule has 1 rings (SSSR count). The number of halogens is 2. The molecular weight excluding hydrogens is 292 g/mol. The van der Waals surface area contributed by atoms with Gasteiger partial charge in [-0.1, -0.05) is 50.9 Å². The fraction of sp³-hybridized carbons (Fsp3) is 0.455. The van der Waals surface area contributed by atoms with Crippen LogP contribution in [-0.2, 0) is 6.42 Å². The van der Waals surface area contributed by atoms with Gasteiger partial charge in [0.2, 0.25) is 0 Å². The normalized spacial score (nSPS) is 12.8. The number of benzene rings is 1. The Morgan fingerprint density at radius 1 is 1.23 bits per heavy atom. The quantitative estimate of drug-likeness (QED) is 0.723. The molecule has 1 aromatic carbocycles. The molecule has 2 heteroatoms. The van der Waals surface area contributed by atoms with E-state index < -0.39 is 0 Å². The molecule has 0 aliphatic carbocycles. The van der Waals surface area contributed by atoms with Crippen molar-refractivity contribution in [3.05, 3.63) is 34.3 Å². The van der Waals surface area contributed by atoms with E-state index in [1.165, 1.54) is 18.4 Å². The smallest absolute Gasteiger partial charge is 0.0175 e. The van der Waals surface area contributed by atoms with Gasteiger partial charge in [-0.3, -0.25) is 0 Å². The van der Waals surface area contributed by atoms with E-state index in [1.807, 2.05) is 0 Å². The minimum atomic E-state index is 0.767. The van der Waals surface area contributed by atoms with Crippen molar-refractivity contribution in [2.75, 3.05) is 5.33 Å². The van der Waals surface area contributed by atoms with Gasteiger partial charge in [0.15, 0.2) is 0 Å². The molecular formula is C11H14Br2. The van der Waals surface area contributed by atoms with Crippen molar-refractivity contribution in [3.63, 3.8) is 0 Å². The van der Waals surface area contributed by atoms with Gasteiger partial charge in [-0.15, -0.1) is 0 Å². The third-order valence-electron chi connectivity index (χ3n) is 2.10. The first-order valence-corrected chi connectivity index (χ1v) is 6.44. The van der Waals surface area contributed by atoms with Crippen molar-refractivity contribution in [1.82, 2.24) is 0 Å². The predicted octanol–water partition coefficient (Wildman–Crippen LogP) is 4.41. The zero-order valence-corrected chi connectivity index (χ0v) is 10.9. The highest BCUT2D eigenvalue weighted by molar-refractivity contribution is 9.10. The van der Waals surface area contributed by atoms with Crippen LogP contribution in [0.1, 0.15) is 18.9 Å². The highest BCUT2D eigenvalue weighted by Gasteiger charge is 2.00. The van der Waals surface area contributed by atoms with Gasteiger partial charge in [-0.05, 0) is 36.5 Å². The Hall–Kier alpha value is 0.180. The second-order valence-electron chi connectivity index (χ2n) is 3.42. The van der Waals surface area contributed by atoms with Crippen molar-refractivity contribution in [1.29, 1.82) is 0 Å². The van der Waals surface area contributed by atoms with Gasteiger partial charge in [-0.25, -0.2) is 0 Å². The highest BCUT2D eigenvalue weighted by Crippen LogP contribution is 2.14. The maximum absolute atomic E-state index is 3.49. The van der Waals surface area contributed by atoms with Gasteiger partial charge in [0.25, 0.3) is 0 Å². The Kier molecular flexibility index (Phi) is 5.04. The van der Waals surface area contributed by atoms with Gasteiger partial charge < -0.3 is 0 Å². The van der Waals surface area contributed by atoms with E-state index in [1.54, 1.807) is 0 Å². The van der Waals surface area contributed by atoms with E-state index in [9.17, 15) is 0 Å². The maximum Gasteiger partial charge on any atom is 0.0175 e. The first-order valence-electron chi connectivity index (χ1n) is 4.53. The molecule has 0 bridgehead atoms. The molecule has 0 aromatic heterocycles. The van der Waals surface area contributed by atoms with Crippen molar-refractivity contribution in [3.8, 4) is 0 Å². The maximum atomic E-state index is 3.49. The van der Waals surface area contributed by atoms with Crippen molar-refractivity contribution in [2.24, 2.45) is 5.92 Å². The van der Waals surface area contributed by atoms with Crippen LogP contribution in [0.3, 0.4) is 0 Å². The Labute approximate surface area is 97.0 Å². The molecule has 1 atom stereocenters. The summed E-state index contributed by atoms with van der Waals surface area (Å²) in [5, 5.41) is 1.10. The number of rotatable bonds is 4. The van der Waals surface area contributed by atoms with Crippen molar-refractivity contribution >= 4 is 31.9 Å². The van der Waals surface area contributed by atoms with Crippen LogP contribution < -0.4 is 0 Å². The molecule has 72 valence electrons. The van der Waals surface area contributed by atoms with Crippen molar-refractivity contribution in [2.45, 2.75) is 19.8 Å². The molecule has 1 unspecified atom stereocenters. The van der Waals surface area contributed by atoms with E-state index in [2.05, 4.69) is 63.0 Å². The third kappa shape index (κ3) is 4.28. The standard InChI is InChI=1S/C11H14Br2/c1-9(8-12)2-3-10-4-6-11(13)7-5-10/h4-7,9H,2-3,8H2,1H3. The van der Waals surface area contributed by atoms with Crippen LogP contribution in [0.4, 0.5) is 0 Å². The highest BCUT2D eigenvalue weighted by atomic mass is 79.9. The molecule has 0 nitrogen and oxygen atoms in total. The van der Waals surface area contributed by atoms with E-state index in [0.717, 1.165) is 15.7 Å². The Morgan fingerprint density at radius 3 is 2.38 bits per heavy atom. The summed E-state index contributed by atoms with van der Waals surface area (Å²) >= 11 is 6.92. The van der Waals surface area contributed by atoms with Crippen LogP contribution in [0.5, 0.6) is 0 Å².